The van der Waals surface area contributed by atoms with Gasteiger partial charge in [0.25, 0.3) is 0 Å². The van der Waals surface area contributed by atoms with Crippen LogP contribution in [0.5, 0.6) is 0 Å². The number of imidazole rings is 1. The highest BCUT2D eigenvalue weighted by atomic mass is 35.5. The molecule has 0 N–H and O–H groups in total. The van der Waals surface area contributed by atoms with E-state index in [0.717, 1.165) is 16.6 Å². The zero-order valence-electron chi connectivity index (χ0n) is 13.0. The number of para-hydroxylation sites is 1. The van der Waals surface area contributed by atoms with Crippen molar-refractivity contribution in [1.29, 1.82) is 0 Å². The van der Waals surface area contributed by atoms with Crippen LogP contribution in [-0.4, -0.2) is 29.0 Å². The molecule has 1 heterocycles. The van der Waals surface area contributed by atoms with E-state index in [0.29, 0.717) is 12.4 Å². The number of fused-ring (bicyclic) bond motifs is 1. The van der Waals surface area contributed by atoms with E-state index in [-0.39, 0.29) is 5.38 Å². The van der Waals surface area contributed by atoms with E-state index in [9.17, 15) is 8.42 Å². The van der Waals surface area contributed by atoms with Gasteiger partial charge < -0.3 is 4.57 Å². The van der Waals surface area contributed by atoms with Crippen molar-refractivity contribution in [3.05, 3.63) is 29.6 Å². The van der Waals surface area contributed by atoms with Crippen molar-refractivity contribution in [3.63, 3.8) is 0 Å². The van der Waals surface area contributed by atoms with E-state index in [1.807, 2.05) is 36.6 Å². The first-order valence-electron chi connectivity index (χ1n) is 6.84. The summed E-state index contributed by atoms with van der Waals surface area (Å²) >= 11 is 6.24. The molecule has 0 amide bonds. The van der Waals surface area contributed by atoms with E-state index in [4.69, 9.17) is 11.6 Å². The van der Waals surface area contributed by atoms with Gasteiger partial charge in [-0.3, -0.25) is 0 Å². The Morgan fingerprint density at radius 1 is 1.38 bits per heavy atom. The van der Waals surface area contributed by atoms with Gasteiger partial charge in [-0.05, 0) is 39.3 Å². The second kappa shape index (κ2) is 5.29. The van der Waals surface area contributed by atoms with Crippen molar-refractivity contribution in [1.82, 2.24) is 9.55 Å². The number of aryl methyl sites for hydroxylation is 1. The lowest BCUT2D eigenvalue weighted by atomic mass is 10.1. The van der Waals surface area contributed by atoms with Gasteiger partial charge in [0.1, 0.15) is 5.82 Å². The Bertz CT molecular complexity index is 776. The van der Waals surface area contributed by atoms with Gasteiger partial charge in [-0.1, -0.05) is 12.1 Å². The SMILES string of the molecule is Cc1cccc2nc(C(C)Cl)n(CC(C)(C)S(C)(=O)=O)c12. The van der Waals surface area contributed by atoms with Gasteiger partial charge >= 0.3 is 0 Å². The highest BCUT2D eigenvalue weighted by Crippen LogP contribution is 2.29. The number of hydrogen-bond donors (Lipinski definition) is 0. The van der Waals surface area contributed by atoms with Crippen molar-refractivity contribution in [2.24, 2.45) is 0 Å². The first kappa shape index (κ1) is 16.3. The Labute approximate surface area is 131 Å². The minimum atomic E-state index is -3.19. The predicted octanol–water partition coefficient (Wildman–Crippen LogP) is 3.47. The predicted molar refractivity (Wildman–Crippen MR) is 87.7 cm³/mol. The number of sulfone groups is 1. The molecule has 0 fully saturated rings. The van der Waals surface area contributed by atoms with Crippen LogP contribution in [0, 0.1) is 6.92 Å². The van der Waals surface area contributed by atoms with E-state index >= 15 is 0 Å². The maximum absolute atomic E-state index is 12.0. The standard InChI is InChI=1S/C15H21ClN2O2S/c1-10-7-6-8-12-13(10)18(14(17-12)11(2)16)9-15(3,4)21(5,19)20/h6-8,11H,9H2,1-5H3. The smallest absolute Gasteiger partial charge is 0.154 e. The average molecular weight is 329 g/mol. The second-order valence-electron chi connectivity index (χ2n) is 6.15. The summed E-state index contributed by atoms with van der Waals surface area (Å²) in [6.45, 7) is 7.64. The largest absolute Gasteiger partial charge is 0.325 e. The highest BCUT2D eigenvalue weighted by molar-refractivity contribution is 7.92. The van der Waals surface area contributed by atoms with Gasteiger partial charge in [-0.2, -0.15) is 0 Å². The molecular formula is C15H21ClN2O2S. The molecule has 1 atom stereocenters. The average Bonchev–Trinajstić information content (AvgIpc) is 2.67. The number of halogens is 1. The van der Waals surface area contributed by atoms with Crippen molar-refractivity contribution in [2.75, 3.05) is 6.26 Å². The van der Waals surface area contributed by atoms with Gasteiger partial charge in [0.15, 0.2) is 9.84 Å². The second-order valence-corrected chi connectivity index (χ2v) is 9.45. The molecule has 1 unspecified atom stereocenters. The van der Waals surface area contributed by atoms with Crippen LogP contribution < -0.4 is 0 Å². The molecule has 1 aromatic carbocycles. The molecule has 21 heavy (non-hydrogen) atoms. The van der Waals surface area contributed by atoms with Crippen LogP contribution in [0.15, 0.2) is 18.2 Å². The minimum Gasteiger partial charge on any atom is -0.325 e. The minimum absolute atomic E-state index is 0.285. The summed E-state index contributed by atoms with van der Waals surface area (Å²) in [6.07, 6.45) is 1.27. The summed E-state index contributed by atoms with van der Waals surface area (Å²) in [6, 6.07) is 5.87. The molecule has 0 bridgehead atoms. The molecule has 6 heteroatoms. The molecule has 2 aromatic rings. The lowest BCUT2D eigenvalue weighted by Gasteiger charge is -2.25. The fraction of sp³-hybridized carbons (Fsp3) is 0.533. The molecule has 0 aliphatic rings. The zero-order chi connectivity index (χ0) is 16.0. The topological polar surface area (TPSA) is 52.0 Å². The third-order valence-electron chi connectivity index (χ3n) is 3.90. The van der Waals surface area contributed by atoms with Crippen molar-refractivity contribution in [3.8, 4) is 0 Å². The maximum Gasteiger partial charge on any atom is 0.154 e. The molecule has 0 spiro atoms. The van der Waals surface area contributed by atoms with E-state index < -0.39 is 14.6 Å². The van der Waals surface area contributed by atoms with Gasteiger partial charge in [-0.15, -0.1) is 11.6 Å². The summed E-state index contributed by atoms with van der Waals surface area (Å²) < 4.78 is 25.1. The number of aromatic nitrogens is 2. The maximum atomic E-state index is 12.0. The summed E-state index contributed by atoms with van der Waals surface area (Å²) in [5, 5.41) is -0.285. The normalized spacial score (nSPS) is 14.6. The lowest BCUT2D eigenvalue weighted by molar-refractivity contribution is 0.499. The van der Waals surface area contributed by atoms with Crippen molar-refractivity contribution >= 4 is 32.5 Å². The number of nitrogens with zero attached hydrogens (tertiary/aromatic N) is 2. The van der Waals surface area contributed by atoms with Crippen LogP contribution in [0.25, 0.3) is 11.0 Å². The molecule has 4 nitrogen and oxygen atoms in total. The molecule has 0 saturated heterocycles. The van der Waals surface area contributed by atoms with Gasteiger partial charge in [-0.25, -0.2) is 13.4 Å². The fourth-order valence-corrected chi connectivity index (χ4v) is 2.88. The van der Waals surface area contributed by atoms with Crippen LogP contribution in [-0.2, 0) is 16.4 Å². The van der Waals surface area contributed by atoms with Crippen molar-refractivity contribution < 1.29 is 8.42 Å². The Kier molecular flexibility index (Phi) is 4.10. The van der Waals surface area contributed by atoms with Crippen LogP contribution in [0.3, 0.4) is 0 Å². The molecule has 2 rings (SSSR count). The van der Waals surface area contributed by atoms with E-state index in [1.165, 1.54) is 6.26 Å². The quantitative estimate of drug-likeness (QED) is 0.807. The van der Waals surface area contributed by atoms with Crippen molar-refractivity contribution in [2.45, 2.75) is 44.4 Å². The summed E-state index contributed by atoms with van der Waals surface area (Å²) in [7, 11) is -3.19. The summed E-state index contributed by atoms with van der Waals surface area (Å²) in [4.78, 5) is 4.58. The van der Waals surface area contributed by atoms with Crippen LogP contribution in [0.1, 0.15) is 37.5 Å². The monoisotopic (exact) mass is 328 g/mol. The highest BCUT2D eigenvalue weighted by Gasteiger charge is 2.32. The molecule has 0 aliphatic carbocycles. The molecular weight excluding hydrogens is 308 g/mol. The number of rotatable bonds is 4. The first-order chi connectivity index (χ1) is 9.54. The molecule has 0 aliphatic heterocycles. The fourth-order valence-electron chi connectivity index (χ4n) is 2.34. The van der Waals surface area contributed by atoms with Gasteiger partial charge in [0, 0.05) is 12.8 Å². The Balaban J connectivity index is 2.70. The summed E-state index contributed by atoms with van der Waals surface area (Å²) in [5.74, 6) is 0.706. The van der Waals surface area contributed by atoms with Crippen LogP contribution >= 0.6 is 11.6 Å². The molecule has 0 saturated carbocycles. The molecule has 1 aromatic heterocycles. The zero-order valence-corrected chi connectivity index (χ0v) is 14.6. The van der Waals surface area contributed by atoms with E-state index in [1.54, 1.807) is 13.8 Å². The van der Waals surface area contributed by atoms with Crippen LogP contribution in [0.2, 0.25) is 0 Å². The molecule has 0 radical (unpaired) electrons. The lowest BCUT2D eigenvalue weighted by Crippen LogP contribution is -2.36. The third-order valence-corrected chi connectivity index (χ3v) is 6.23. The van der Waals surface area contributed by atoms with Crippen LogP contribution in [0.4, 0.5) is 0 Å². The Morgan fingerprint density at radius 3 is 2.52 bits per heavy atom. The van der Waals surface area contributed by atoms with E-state index in [2.05, 4.69) is 4.98 Å². The van der Waals surface area contributed by atoms with Gasteiger partial charge in [0.2, 0.25) is 0 Å². The Hall–Kier alpha value is -1.07. The Morgan fingerprint density at radius 2 is 2.00 bits per heavy atom. The summed E-state index contributed by atoms with van der Waals surface area (Å²) in [5.41, 5.74) is 2.87. The number of benzene rings is 1. The number of alkyl halides is 1. The third kappa shape index (κ3) is 2.94. The number of hydrogen-bond acceptors (Lipinski definition) is 3. The first-order valence-corrected chi connectivity index (χ1v) is 9.17. The molecule has 116 valence electrons. The van der Waals surface area contributed by atoms with Gasteiger partial charge in [0.05, 0.1) is 21.2 Å².